The smallest absolute Gasteiger partial charge is 0.233 e. The third-order valence-corrected chi connectivity index (χ3v) is 2.68. The molecule has 1 aromatic carbocycles. The number of aromatic nitrogens is 3. The maximum atomic E-state index is 5.20. The Morgan fingerprint density at radius 1 is 1.14 bits per heavy atom. The lowest BCUT2D eigenvalue weighted by Crippen LogP contribution is -2.16. The minimum atomic E-state index is 0.484. The lowest BCUT2D eigenvalue weighted by Gasteiger charge is -2.14. The molecule has 1 heterocycles. The summed E-state index contributed by atoms with van der Waals surface area (Å²) in [4.78, 5) is 14.9. The van der Waals surface area contributed by atoms with Crippen LogP contribution in [0.15, 0.2) is 24.3 Å². The molecular weight excluding hydrogens is 268 g/mol. The number of nitrogens with one attached hydrogen (secondary N) is 2. The van der Waals surface area contributed by atoms with Gasteiger partial charge in [-0.15, -0.1) is 0 Å². The lowest BCUT2D eigenvalue weighted by atomic mass is 10.3. The molecule has 0 atom stereocenters. The van der Waals surface area contributed by atoms with Gasteiger partial charge >= 0.3 is 0 Å². The van der Waals surface area contributed by atoms with E-state index in [2.05, 4.69) is 25.6 Å². The zero-order valence-corrected chi connectivity index (χ0v) is 12.7. The highest BCUT2D eigenvalue weighted by atomic mass is 16.5. The molecule has 0 radical (unpaired) electrons. The molecule has 2 aromatic rings. The van der Waals surface area contributed by atoms with Crippen molar-refractivity contribution in [3.05, 3.63) is 24.3 Å². The van der Waals surface area contributed by atoms with Crippen LogP contribution in [0.2, 0.25) is 0 Å². The molecule has 0 spiro atoms. The molecule has 2 rings (SSSR count). The Kier molecular flexibility index (Phi) is 4.76. The molecule has 0 saturated heterocycles. The van der Waals surface area contributed by atoms with E-state index in [1.54, 1.807) is 7.11 Å². The largest absolute Gasteiger partial charge is 0.497 e. The Balaban J connectivity index is 2.29. The summed E-state index contributed by atoms with van der Waals surface area (Å²) in [6.45, 7) is 2.74. The highest BCUT2D eigenvalue weighted by molar-refractivity contribution is 5.57. The molecule has 0 fully saturated rings. The van der Waals surface area contributed by atoms with Crippen LogP contribution in [0, 0.1) is 0 Å². The van der Waals surface area contributed by atoms with Gasteiger partial charge in [-0.1, -0.05) is 6.07 Å². The molecule has 0 aliphatic carbocycles. The van der Waals surface area contributed by atoms with Crippen molar-refractivity contribution < 1.29 is 4.74 Å². The van der Waals surface area contributed by atoms with Gasteiger partial charge in [-0.3, -0.25) is 0 Å². The molecule has 0 unspecified atom stereocenters. The Hall–Kier alpha value is -2.57. The van der Waals surface area contributed by atoms with Gasteiger partial charge in [-0.25, -0.2) is 0 Å². The summed E-state index contributed by atoms with van der Waals surface area (Å²) >= 11 is 0. The zero-order valence-electron chi connectivity index (χ0n) is 12.7. The van der Waals surface area contributed by atoms with Gasteiger partial charge in [0.2, 0.25) is 17.8 Å². The molecule has 2 N–H and O–H groups in total. The first-order valence-corrected chi connectivity index (χ1v) is 6.70. The molecule has 21 heavy (non-hydrogen) atoms. The maximum Gasteiger partial charge on any atom is 0.233 e. The first-order chi connectivity index (χ1) is 10.1. The second-order valence-corrected chi connectivity index (χ2v) is 4.56. The van der Waals surface area contributed by atoms with Gasteiger partial charge < -0.3 is 20.3 Å². The van der Waals surface area contributed by atoms with E-state index in [-0.39, 0.29) is 0 Å². The SMILES string of the molecule is CCNc1nc(Nc2cccc(OC)c2)nc(N(C)C)n1. The van der Waals surface area contributed by atoms with Crippen LogP contribution in [0.1, 0.15) is 6.92 Å². The van der Waals surface area contributed by atoms with Crippen molar-refractivity contribution in [3.63, 3.8) is 0 Å². The van der Waals surface area contributed by atoms with Crippen molar-refractivity contribution in [2.75, 3.05) is 43.3 Å². The van der Waals surface area contributed by atoms with Gasteiger partial charge in [0.25, 0.3) is 0 Å². The summed E-state index contributed by atoms with van der Waals surface area (Å²) in [6.07, 6.45) is 0. The van der Waals surface area contributed by atoms with Gasteiger partial charge in [0.1, 0.15) is 5.75 Å². The number of anilines is 4. The summed E-state index contributed by atoms with van der Waals surface area (Å²) < 4.78 is 5.20. The monoisotopic (exact) mass is 288 g/mol. The first-order valence-electron chi connectivity index (χ1n) is 6.70. The summed E-state index contributed by atoms with van der Waals surface area (Å²) in [5.74, 6) is 2.39. The average molecular weight is 288 g/mol. The van der Waals surface area contributed by atoms with Crippen LogP contribution < -0.4 is 20.3 Å². The minimum Gasteiger partial charge on any atom is -0.497 e. The van der Waals surface area contributed by atoms with Crippen molar-refractivity contribution in [1.82, 2.24) is 15.0 Å². The Bertz CT molecular complexity index is 602. The lowest BCUT2D eigenvalue weighted by molar-refractivity contribution is 0.415. The number of hydrogen-bond acceptors (Lipinski definition) is 7. The standard InChI is InChI=1S/C14H20N6O/c1-5-15-12-17-13(19-14(18-12)20(2)3)16-10-7-6-8-11(9-10)21-4/h6-9H,5H2,1-4H3,(H2,15,16,17,18,19). The topological polar surface area (TPSA) is 75.2 Å². The Morgan fingerprint density at radius 3 is 2.57 bits per heavy atom. The number of ether oxygens (including phenoxy) is 1. The predicted octanol–water partition coefficient (Wildman–Crippen LogP) is 2.12. The van der Waals surface area contributed by atoms with E-state index in [9.17, 15) is 0 Å². The van der Waals surface area contributed by atoms with Gasteiger partial charge in [-0.2, -0.15) is 15.0 Å². The fourth-order valence-electron chi connectivity index (χ4n) is 1.69. The highest BCUT2D eigenvalue weighted by Gasteiger charge is 2.08. The van der Waals surface area contributed by atoms with E-state index in [0.717, 1.165) is 18.0 Å². The van der Waals surface area contributed by atoms with Crippen LogP contribution in [0.25, 0.3) is 0 Å². The van der Waals surface area contributed by atoms with Crippen molar-refractivity contribution in [3.8, 4) is 5.75 Å². The second-order valence-electron chi connectivity index (χ2n) is 4.56. The molecule has 0 bridgehead atoms. The van der Waals surface area contributed by atoms with Crippen LogP contribution in [0.3, 0.4) is 0 Å². The Morgan fingerprint density at radius 2 is 1.90 bits per heavy atom. The van der Waals surface area contributed by atoms with E-state index in [4.69, 9.17) is 4.74 Å². The third-order valence-electron chi connectivity index (χ3n) is 2.68. The van der Waals surface area contributed by atoms with E-state index in [1.807, 2.05) is 50.2 Å². The first kappa shape index (κ1) is 14.8. The van der Waals surface area contributed by atoms with Crippen molar-refractivity contribution in [2.24, 2.45) is 0 Å². The van der Waals surface area contributed by atoms with Gasteiger partial charge in [0.15, 0.2) is 0 Å². The van der Waals surface area contributed by atoms with Gasteiger partial charge in [0.05, 0.1) is 7.11 Å². The molecule has 7 heteroatoms. The average Bonchev–Trinajstić information content (AvgIpc) is 2.47. The van der Waals surface area contributed by atoms with E-state index < -0.39 is 0 Å². The van der Waals surface area contributed by atoms with E-state index in [1.165, 1.54) is 0 Å². The fraction of sp³-hybridized carbons (Fsp3) is 0.357. The molecule has 112 valence electrons. The number of nitrogens with zero attached hydrogens (tertiary/aromatic N) is 4. The zero-order chi connectivity index (χ0) is 15.2. The molecular formula is C14H20N6O. The van der Waals surface area contributed by atoms with E-state index in [0.29, 0.717) is 17.8 Å². The summed E-state index contributed by atoms with van der Waals surface area (Å²) in [6, 6.07) is 7.59. The van der Waals surface area contributed by atoms with Crippen LogP contribution in [-0.4, -0.2) is 42.7 Å². The summed E-state index contributed by atoms with van der Waals surface area (Å²) in [5.41, 5.74) is 0.854. The molecule has 7 nitrogen and oxygen atoms in total. The van der Waals surface area contributed by atoms with Crippen LogP contribution in [-0.2, 0) is 0 Å². The Labute approximate surface area is 124 Å². The molecule has 0 amide bonds. The minimum absolute atomic E-state index is 0.484. The van der Waals surface area contributed by atoms with Crippen molar-refractivity contribution >= 4 is 23.5 Å². The second kappa shape index (κ2) is 6.74. The maximum absolute atomic E-state index is 5.20. The van der Waals surface area contributed by atoms with Crippen LogP contribution in [0.5, 0.6) is 5.75 Å². The number of rotatable bonds is 6. The number of methoxy groups -OCH3 is 1. The molecule has 0 aliphatic heterocycles. The molecule has 0 saturated carbocycles. The van der Waals surface area contributed by atoms with Gasteiger partial charge in [0, 0.05) is 32.4 Å². The fourth-order valence-corrected chi connectivity index (χ4v) is 1.69. The molecule has 0 aliphatic rings. The predicted molar refractivity (Wildman–Crippen MR) is 84.6 cm³/mol. The van der Waals surface area contributed by atoms with Crippen LogP contribution >= 0.6 is 0 Å². The highest BCUT2D eigenvalue weighted by Crippen LogP contribution is 2.20. The quantitative estimate of drug-likeness (QED) is 0.843. The normalized spacial score (nSPS) is 10.1. The van der Waals surface area contributed by atoms with Crippen molar-refractivity contribution in [1.29, 1.82) is 0 Å². The number of benzene rings is 1. The van der Waals surface area contributed by atoms with Crippen molar-refractivity contribution in [2.45, 2.75) is 6.92 Å². The van der Waals surface area contributed by atoms with Crippen LogP contribution in [0.4, 0.5) is 23.5 Å². The van der Waals surface area contributed by atoms with E-state index >= 15 is 0 Å². The summed E-state index contributed by atoms with van der Waals surface area (Å²) in [5, 5.41) is 6.26. The summed E-state index contributed by atoms with van der Waals surface area (Å²) in [7, 11) is 5.41. The number of hydrogen-bond donors (Lipinski definition) is 2. The molecule has 1 aromatic heterocycles. The van der Waals surface area contributed by atoms with Gasteiger partial charge in [-0.05, 0) is 19.1 Å². The third kappa shape index (κ3) is 3.95.